The Morgan fingerprint density at radius 2 is 2.22 bits per heavy atom. The Labute approximate surface area is 106 Å². The molecule has 2 heterocycles. The summed E-state index contributed by atoms with van der Waals surface area (Å²) in [7, 11) is -3.35. The van der Waals surface area contributed by atoms with Crippen molar-refractivity contribution >= 4 is 10.0 Å². The van der Waals surface area contributed by atoms with Crippen LogP contribution in [0.3, 0.4) is 0 Å². The molecule has 0 radical (unpaired) electrons. The molecule has 1 aliphatic rings. The summed E-state index contributed by atoms with van der Waals surface area (Å²) in [6.07, 6.45) is 1.21. The van der Waals surface area contributed by atoms with E-state index < -0.39 is 10.0 Å². The lowest BCUT2D eigenvalue weighted by Crippen LogP contribution is -2.38. The van der Waals surface area contributed by atoms with Crippen LogP contribution in [0, 0.1) is 24.2 Å². The molecule has 0 unspecified atom stereocenters. The fourth-order valence-electron chi connectivity index (χ4n) is 2.03. The molecule has 1 fully saturated rings. The Bertz CT molecular complexity index is 550. The average molecular weight is 269 g/mol. The van der Waals surface area contributed by atoms with Crippen LogP contribution in [-0.4, -0.2) is 31.0 Å². The van der Waals surface area contributed by atoms with Gasteiger partial charge in [-0.1, -0.05) is 5.16 Å². The van der Waals surface area contributed by atoms with Crippen LogP contribution in [0.5, 0.6) is 0 Å². The molecule has 1 aromatic rings. The van der Waals surface area contributed by atoms with Crippen molar-refractivity contribution in [3.05, 3.63) is 17.5 Å². The fourth-order valence-corrected chi connectivity index (χ4v) is 3.49. The average Bonchev–Trinajstić information content (AvgIpc) is 2.74. The van der Waals surface area contributed by atoms with Crippen LogP contribution < -0.4 is 0 Å². The molecule has 0 bridgehead atoms. The van der Waals surface area contributed by atoms with Gasteiger partial charge in [0.2, 0.25) is 10.0 Å². The molecule has 0 saturated carbocycles. The van der Waals surface area contributed by atoms with E-state index in [1.165, 1.54) is 4.31 Å². The van der Waals surface area contributed by atoms with E-state index in [0.717, 1.165) is 0 Å². The molecule has 0 N–H and O–H groups in total. The molecule has 0 amide bonds. The van der Waals surface area contributed by atoms with Gasteiger partial charge in [-0.3, -0.25) is 0 Å². The highest BCUT2D eigenvalue weighted by Crippen LogP contribution is 2.20. The third-order valence-corrected chi connectivity index (χ3v) is 4.85. The van der Waals surface area contributed by atoms with E-state index in [1.54, 1.807) is 13.0 Å². The Hall–Kier alpha value is -1.39. The second-order valence-electron chi connectivity index (χ2n) is 4.49. The summed E-state index contributed by atoms with van der Waals surface area (Å²) in [4.78, 5) is 0. The summed E-state index contributed by atoms with van der Waals surface area (Å²) in [5, 5.41) is 12.5. The van der Waals surface area contributed by atoms with E-state index in [2.05, 4.69) is 11.2 Å². The summed E-state index contributed by atoms with van der Waals surface area (Å²) in [5.41, 5.74) is 0.426. The van der Waals surface area contributed by atoms with Gasteiger partial charge in [0, 0.05) is 25.1 Å². The minimum absolute atomic E-state index is 0.0225. The third kappa shape index (κ3) is 2.89. The van der Waals surface area contributed by atoms with E-state index in [0.29, 0.717) is 37.4 Å². The number of nitriles is 1. The van der Waals surface area contributed by atoms with Crippen molar-refractivity contribution in [2.75, 3.05) is 13.1 Å². The zero-order valence-electron chi connectivity index (χ0n) is 10.2. The SMILES string of the molecule is Cc1cc(CS(=O)(=O)N2CCC(C#N)CC2)no1. The van der Waals surface area contributed by atoms with Gasteiger partial charge >= 0.3 is 0 Å². The molecular weight excluding hydrogens is 254 g/mol. The van der Waals surface area contributed by atoms with Gasteiger partial charge in [-0.05, 0) is 19.8 Å². The molecule has 0 aliphatic carbocycles. The summed E-state index contributed by atoms with van der Waals surface area (Å²) in [5.74, 6) is 0.441. The molecule has 1 saturated heterocycles. The standard InChI is InChI=1S/C11H15N3O3S/c1-9-6-11(13-17-9)8-18(15,16)14-4-2-10(7-12)3-5-14/h6,10H,2-5,8H2,1H3. The van der Waals surface area contributed by atoms with Crippen molar-refractivity contribution in [1.29, 1.82) is 5.26 Å². The predicted octanol–water partition coefficient (Wildman–Crippen LogP) is 1.05. The smallest absolute Gasteiger partial charge is 0.219 e. The first kappa shape index (κ1) is 13.1. The van der Waals surface area contributed by atoms with Gasteiger partial charge in [-0.15, -0.1) is 0 Å². The zero-order chi connectivity index (χ0) is 13.2. The van der Waals surface area contributed by atoms with Gasteiger partial charge in [0.1, 0.15) is 17.2 Å². The normalized spacial score (nSPS) is 18.7. The quantitative estimate of drug-likeness (QED) is 0.818. The monoisotopic (exact) mass is 269 g/mol. The molecule has 0 spiro atoms. The minimum atomic E-state index is -3.35. The number of aromatic nitrogens is 1. The van der Waals surface area contributed by atoms with Crippen LogP contribution in [0.25, 0.3) is 0 Å². The maximum absolute atomic E-state index is 12.1. The number of nitrogens with zero attached hydrogens (tertiary/aromatic N) is 3. The topological polar surface area (TPSA) is 87.2 Å². The largest absolute Gasteiger partial charge is 0.361 e. The Balaban J connectivity index is 2.02. The second kappa shape index (κ2) is 5.08. The van der Waals surface area contributed by atoms with Gasteiger partial charge < -0.3 is 4.52 Å². The number of hydrogen-bond donors (Lipinski definition) is 0. The van der Waals surface area contributed by atoms with E-state index in [1.807, 2.05) is 0 Å². The van der Waals surface area contributed by atoms with Crippen LogP contribution in [0.15, 0.2) is 10.6 Å². The fraction of sp³-hybridized carbons (Fsp3) is 0.636. The highest BCUT2D eigenvalue weighted by molar-refractivity contribution is 7.88. The highest BCUT2D eigenvalue weighted by atomic mass is 32.2. The first-order valence-corrected chi connectivity index (χ1v) is 7.42. The number of piperidine rings is 1. The number of sulfonamides is 1. The van der Waals surface area contributed by atoms with Crippen molar-refractivity contribution in [2.45, 2.75) is 25.5 Å². The number of rotatable bonds is 3. The lowest BCUT2D eigenvalue weighted by atomic mass is 10.0. The number of hydrogen-bond acceptors (Lipinski definition) is 5. The first-order chi connectivity index (χ1) is 8.51. The van der Waals surface area contributed by atoms with E-state index >= 15 is 0 Å². The molecular formula is C11H15N3O3S. The van der Waals surface area contributed by atoms with Crippen LogP contribution in [0.2, 0.25) is 0 Å². The maximum Gasteiger partial charge on any atom is 0.219 e. The lowest BCUT2D eigenvalue weighted by molar-refractivity contribution is 0.309. The Kier molecular flexibility index (Phi) is 3.68. The minimum Gasteiger partial charge on any atom is -0.361 e. The molecule has 1 aromatic heterocycles. The summed E-state index contributed by atoms with van der Waals surface area (Å²) in [6.45, 7) is 2.55. The highest BCUT2D eigenvalue weighted by Gasteiger charge is 2.28. The van der Waals surface area contributed by atoms with Crippen molar-refractivity contribution in [3.8, 4) is 6.07 Å². The van der Waals surface area contributed by atoms with Gasteiger partial charge in [0.25, 0.3) is 0 Å². The van der Waals surface area contributed by atoms with Gasteiger partial charge in [0.05, 0.1) is 6.07 Å². The van der Waals surface area contributed by atoms with Gasteiger partial charge in [0.15, 0.2) is 0 Å². The molecule has 0 aromatic carbocycles. The third-order valence-electron chi connectivity index (χ3n) is 3.04. The predicted molar refractivity (Wildman–Crippen MR) is 63.8 cm³/mol. The summed E-state index contributed by atoms with van der Waals surface area (Å²) in [6, 6.07) is 3.80. The molecule has 6 nitrogen and oxygen atoms in total. The van der Waals surface area contributed by atoms with Crippen molar-refractivity contribution in [1.82, 2.24) is 9.46 Å². The lowest BCUT2D eigenvalue weighted by Gasteiger charge is -2.27. The van der Waals surface area contributed by atoms with Crippen LogP contribution in [0.1, 0.15) is 24.3 Å². The van der Waals surface area contributed by atoms with E-state index in [9.17, 15) is 8.42 Å². The van der Waals surface area contributed by atoms with Gasteiger partial charge in [-0.2, -0.15) is 5.26 Å². The molecule has 1 aliphatic heterocycles. The zero-order valence-corrected chi connectivity index (χ0v) is 11.0. The Morgan fingerprint density at radius 1 is 1.56 bits per heavy atom. The van der Waals surface area contributed by atoms with E-state index in [-0.39, 0.29) is 11.7 Å². The van der Waals surface area contributed by atoms with Crippen LogP contribution in [0.4, 0.5) is 0 Å². The number of aryl methyl sites for hydroxylation is 1. The van der Waals surface area contributed by atoms with Crippen LogP contribution in [-0.2, 0) is 15.8 Å². The molecule has 2 rings (SSSR count). The van der Waals surface area contributed by atoms with E-state index in [4.69, 9.17) is 9.78 Å². The second-order valence-corrected chi connectivity index (χ2v) is 6.46. The molecule has 7 heteroatoms. The Morgan fingerprint density at radius 3 is 2.72 bits per heavy atom. The molecule has 98 valence electrons. The van der Waals surface area contributed by atoms with Gasteiger partial charge in [-0.25, -0.2) is 12.7 Å². The first-order valence-electron chi connectivity index (χ1n) is 5.81. The van der Waals surface area contributed by atoms with Crippen molar-refractivity contribution in [2.24, 2.45) is 5.92 Å². The summed E-state index contributed by atoms with van der Waals surface area (Å²) < 4.78 is 30.5. The molecule has 18 heavy (non-hydrogen) atoms. The molecule has 0 atom stereocenters. The van der Waals surface area contributed by atoms with Crippen molar-refractivity contribution < 1.29 is 12.9 Å². The van der Waals surface area contributed by atoms with Crippen molar-refractivity contribution in [3.63, 3.8) is 0 Å². The maximum atomic E-state index is 12.1. The summed E-state index contributed by atoms with van der Waals surface area (Å²) >= 11 is 0. The van der Waals surface area contributed by atoms with Crippen LogP contribution >= 0.6 is 0 Å².